The zero-order valence-electron chi connectivity index (χ0n) is 8.56. The highest BCUT2D eigenvalue weighted by Gasteiger charge is 2.21. The molecule has 1 aromatic rings. The summed E-state index contributed by atoms with van der Waals surface area (Å²) in [6.07, 6.45) is 0. The van der Waals surface area contributed by atoms with E-state index in [1.807, 2.05) is 4.90 Å². The molecule has 0 unspecified atom stereocenters. The largest absolute Gasteiger partial charge is 0.394 e. The normalized spacial score (nSPS) is 13.7. The fraction of sp³-hybridized carbons (Fsp3) is 0.500. The van der Waals surface area contributed by atoms with Crippen LogP contribution in [0.2, 0.25) is 0 Å². The van der Waals surface area contributed by atoms with Gasteiger partial charge in [-0.1, -0.05) is 12.2 Å². The van der Waals surface area contributed by atoms with Crippen molar-refractivity contribution in [3.63, 3.8) is 0 Å². The van der Waals surface area contributed by atoms with E-state index in [9.17, 15) is 0 Å². The van der Waals surface area contributed by atoms with E-state index in [2.05, 4.69) is 15.3 Å². The quantitative estimate of drug-likeness (QED) is 0.432. The number of nitrogens with zero attached hydrogens (tertiary/aromatic N) is 2. The second-order valence-corrected chi connectivity index (χ2v) is 3.69. The number of fused-ring (bicyclic) bond motifs is 1. The SMILES string of the molecule is Nc1nc2c(c(=S)[nH]1)NCN2COCCO. The van der Waals surface area contributed by atoms with Gasteiger partial charge in [-0.3, -0.25) is 0 Å². The van der Waals surface area contributed by atoms with Crippen molar-refractivity contribution >= 4 is 29.7 Å². The minimum Gasteiger partial charge on any atom is -0.394 e. The number of hydrogen-bond acceptors (Lipinski definition) is 7. The van der Waals surface area contributed by atoms with Crippen LogP contribution in [-0.2, 0) is 4.74 Å². The Morgan fingerprint density at radius 1 is 1.62 bits per heavy atom. The lowest BCUT2D eigenvalue weighted by Gasteiger charge is -2.16. The summed E-state index contributed by atoms with van der Waals surface area (Å²) in [5.41, 5.74) is 6.34. The first-order valence-electron chi connectivity index (χ1n) is 4.79. The maximum absolute atomic E-state index is 8.61. The average Bonchev–Trinajstić information content (AvgIpc) is 2.62. The van der Waals surface area contributed by atoms with Gasteiger partial charge in [0.15, 0.2) is 5.82 Å². The Morgan fingerprint density at radius 2 is 2.44 bits per heavy atom. The van der Waals surface area contributed by atoms with E-state index in [0.29, 0.717) is 30.5 Å². The van der Waals surface area contributed by atoms with Crippen LogP contribution in [0.3, 0.4) is 0 Å². The first kappa shape index (κ1) is 11.1. The summed E-state index contributed by atoms with van der Waals surface area (Å²) in [7, 11) is 0. The molecule has 0 spiro atoms. The third-order valence-electron chi connectivity index (χ3n) is 2.15. The Morgan fingerprint density at radius 3 is 3.19 bits per heavy atom. The maximum Gasteiger partial charge on any atom is 0.200 e. The Labute approximate surface area is 97.2 Å². The minimum atomic E-state index is -0.00144. The van der Waals surface area contributed by atoms with Crippen molar-refractivity contribution < 1.29 is 9.84 Å². The van der Waals surface area contributed by atoms with Crippen molar-refractivity contribution in [3.05, 3.63) is 4.64 Å². The number of hydrogen-bond donors (Lipinski definition) is 4. The highest BCUT2D eigenvalue weighted by molar-refractivity contribution is 7.71. The summed E-state index contributed by atoms with van der Waals surface area (Å²) in [5.74, 6) is 0.957. The molecule has 2 rings (SSSR count). The van der Waals surface area contributed by atoms with Crippen molar-refractivity contribution in [3.8, 4) is 0 Å². The van der Waals surface area contributed by atoms with Gasteiger partial charge in [-0.2, -0.15) is 4.98 Å². The van der Waals surface area contributed by atoms with E-state index in [-0.39, 0.29) is 12.6 Å². The molecule has 0 bridgehead atoms. The maximum atomic E-state index is 8.61. The molecule has 0 atom stereocenters. The molecule has 5 N–H and O–H groups in total. The van der Waals surface area contributed by atoms with Crippen LogP contribution in [0.4, 0.5) is 17.5 Å². The van der Waals surface area contributed by atoms with Crippen molar-refractivity contribution in [2.24, 2.45) is 0 Å². The second kappa shape index (κ2) is 4.64. The van der Waals surface area contributed by atoms with Crippen molar-refractivity contribution in [2.45, 2.75) is 0 Å². The lowest BCUT2D eigenvalue weighted by Crippen LogP contribution is -2.27. The number of rotatable bonds is 4. The third-order valence-corrected chi connectivity index (χ3v) is 2.45. The predicted molar refractivity (Wildman–Crippen MR) is 62.7 cm³/mol. The Hall–Kier alpha value is -1.38. The summed E-state index contributed by atoms with van der Waals surface area (Å²) in [6.45, 7) is 1.19. The molecule has 0 saturated carbocycles. The van der Waals surface area contributed by atoms with Crippen LogP contribution in [0.5, 0.6) is 0 Å². The Kier molecular flexibility index (Phi) is 3.22. The van der Waals surface area contributed by atoms with Crippen LogP contribution in [0.25, 0.3) is 0 Å². The number of aromatic nitrogens is 2. The van der Waals surface area contributed by atoms with Crippen LogP contribution >= 0.6 is 12.2 Å². The van der Waals surface area contributed by atoms with E-state index < -0.39 is 0 Å². The minimum absolute atomic E-state index is 0.00144. The van der Waals surface area contributed by atoms with Gasteiger partial charge < -0.3 is 30.8 Å². The molecule has 88 valence electrons. The van der Waals surface area contributed by atoms with Crippen molar-refractivity contribution in [1.82, 2.24) is 9.97 Å². The Bertz CT molecular complexity index is 435. The molecule has 0 aromatic carbocycles. The molecule has 0 radical (unpaired) electrons. The number of aromatic amines is 1. The van der Waals surface area contributed by atoms with Gasteiger partial charge in [0, 0.05) is 0 Å². The van der Waals surface area contributed by atoms with Crippen molar-refractivity contribution in [2.75, 3.05) is 42.6 Å². The van der Waals surface area contributed by atoms with Gasteiger partial charge in [0.05, 0.1) is 19.9 Å². The van der Waals surface area contributed by atoms with Crippen LogP contribution < -0.4 is 16.0 Å². The summed E-state index contributed by atoms with van der Waals surface area (Å²) in [5, 5.41) is 11.7. The van der Waals surface area contributed by atoms with Gasteiger partial charge in [0.2, 0.25) is 5.95 Å². The number of ether oxygens (including phenoxy) is 1. The highest BCUT2D eigenvalue weighted by Crippen LogP contribution is 2.29. The second-order valence-electron chi connectivity index (χ2n) is 3.29. The standard InChI is InChI=1S/C8H13N5O2S/c9-8-11-6-5(7(16)12-8)10-3-13(6)4-15-2-1-14/h10,14H,1-4H2,(H3,9,11,12,16). The fourth-order valence-electron chi connectivity index (χ4n) is 1.46. The van der Waals surface area contributed by atoms with Gasteiger partial charge in [0.1, 0.15) is 17.1 Å². The summed E-state index contributed by atoms with van der Waals surface area (Å²) >= 11 is 5.11. The highest BCUT2D eigenvalue weighted by atomic mass is 32.1. The predicted octanol–water partition coefficient (Wildman–Crippen LogP) is -0.123. The van der Waals surface area contributed by atoms with E-state index in [0.717, 1.165) is 5.69 Å². The average molecular weight is 243 g/mol. The van der Waals surface area contributed by atoms with Gasteiger partial charge in [-0.25, -0.2) is 0 Å². The third kappa shape index (κ3) is 2.08. The molecule has 2 heterocycles. The molecule has 0 aliphatic carbocycles. The number of nitrogens with one attached hydrogen (secondary N) is 2. The van der Waals surface area contributed by atoms with E-state index in [1.165, 1.54) is 0 Å². The number of aliphatic hydroxyl groups is 1. The molecule has 0 saturated heterocycles. The molecule has 16 heavy (non-hydrogen) atoms. The van der Waals surface area contributed by atoms with Crippen LogP contribution in [0.1, 0.15) is 0 Å². The van der Waals surface area contributed by atoms with Crippen LogP contribution in [-0.4, -0.2) is 41.7 Å². The van der Waals surface area contributed by atoms with E-state index in [4.69, 9.17) is 27.8 Å². The monoisotopic (exact) mass is 243 g/mol. The molecule has 0 amide bonds. The molecular formula is C8H13N5O2S. The number of aliphatic hydroxyl groups excluding tert-OH is 1. The molecule has 0 fully saturated rings. The summed E-state index contributed by atoms with van der Waals surface area (Å²) in [6, 6.07) is 0. The number of nitrogen functional groups attached to an aromatic ring is 1. The van der Waals surface area contributed by atoms with Gasteiger partial charge >= 0.3 is 0 Å². The number of nitrogens with two attached hydrogens (primary N) is 1. The van der Waals surface area contributed by atoms with Gasteiger partial charge in [0.25, 0.3) is 0 Å². The smallest absolute Gasteiger partial charge is 0.200 e. The first-order chi connectivity index (χ1) is 7.72. The molecule has 1 aliphatic rings. The van der Waals surface area contributed by atoms with Crippen molar-refractivity contribution in [1.29, 1.82) is 0 Å². The number of H-pyrrole nitrogens is 1. The zero-order chi connectivity index (χ0) is 11.5. The van der Waals surface area contributed by atoms with Gasteiger partial charge in [-0.15, -0.1) is 0 Å². The van der Waals surface area contributed by atoms with E-state index in [1.54, 1.807) is 0 Å². The molecule has 1 aromatic heterocycles. The Balaban J connectivity index is 2.16. The topological polar surface area (TPSA) is 99.4 Å². The summed E-state index contributed by atoms with van der Waals surface area (Å²) < 4.78 is 5.75. The lowest BCUT2D eigenvalue weighted by atomic mass is 10.5. The zero-order valence-corrected chi connectivity index (χ0v) is 9.38. The van der Waals surface area contributed by atoms with Crippen LogP contribution in [0.15, 0.2) is 0 Å². The first-order valence-corrected chi connectivity index (χ1v) is 5.20. The van der Waals surface area contributed by atoms with Crippen LogP contribution in [0, 0.1) is 4.64 Å². The summed E-state index contributed by atoms with van der Waals surface area (Å²) in [4.78, 5) is 8.77. The number of anilines is 3. The molecule has 8 heteroatoms. The molecular weight excluding hydrogens is 230 g/mol. The lowest BCUT2D eigenvalue weighted by molar-refractivity contribution is 0.0934. The molecule has 1 aliphatic heterocycles. The molecule has 7 nitrogen and oxygen atoms in total. The van der Waals surface area contributed by atoms with E-state index >= 15 is 0 Å². The van der Waals surface area contributed by atoms with Gasteiger partial charge in [-0.05, 0) is 0 Å². The fourth-order valence-corrected chi connectivity index (χ4v) is 1.73.